The Morgan fingerprint density at radius 1 is 1.35 bits per heavy atom. The molecular weight excluding hydrogens is 345 g/mol. The van der Waals surface area contributed by atoms with Crippen LogP contribution in [0.4, 0.5) is 13.2 Å². The smallest absolute Gasteiger partial charge is 0.351 e. The first-order valence-electron chi connectivity index (χ1n) is 6.81. The second-order valence-electron chi connectivity index (χ2n) is 4.99. The molecule has 1 atom stereocenters. The molecule has 0 aliphatic heterocycles. The van der Waals surface area contributed by atoms with Gasteiger partial charge in [-0.05, 0) is 43.0 Å². The molecule has 1 N–H and O–H groups in total. The molecule has 0 saturated carbocycles. The van der Waals surface area contributed by atoms with Gasteiger partial charge >= 0.3 is 5.51 Å². The Balaban J connectivity index is 1.90. The van der Waals surface area contributed by atoms with Crippen LogP contribution in [0, 0.1) is 6.92 Å². The second kappa shape index (κ2) is 7.35. The number of aromatic nitrogens is 1. The van der Waals surface area contributed by atoms with Gasteiger partial charge in [-0.25, -0.2) is 4.98 Å². The predicted molar refractivity (Wildman–Crippen MR) is 86.0 cm³/mol. The zero-order valence-corrected chi connectivity index (χ0v) is 14.1. The molecule has 0 saturated heterocycles. The molecule has 0 spiro atoms. The zero-order valence-electron chi connectivity index (χ0n) is 12.5. The SMILES string of the molecule is Cc1cnc([C@@H](C)CNC(=O)c2ccc(SC(F)(F)F)cc2)s1. The molecular formula is C15H15F3N2OS2. The fourth-order valence-electron chi connectivity index (χ4n) is 1.84. The number of carbonyl (C=O) groups excluding carboxylic acids is 1. The molecule has 8 heteroatoms. The maximum atomic E-state index is 12.3. The van der Waals surface area contributed by atoms with Gasteiger partial charge in [-0.1, -0.05) is 6.92 Å². The highest BCUT2D eigenvalue weighted by atomic mass is 32.2. The first kappa shape index (κ1) is 17.8. The van der Waals surface area contributed by atoms with Crippen molar-refractivity contribution in [1.29, 1.82) is 0 Å². The van der Waals surface area contributed by atoms with Gasteiger partial charge in [-0.15, -0.1) is 11.3 Å². The molecule has 2 aromatic rings. The third kappa shape index (κ3) is 5.54. The van der Waals surface area contributed by atoms with E-state index >= 15 is 0 Å². The molecule has 23 heavy (non-hydrogen) atoms. The Labute approximate surface area is 140 Å². The molecule has 0 aliphatic carbocycles. The number of thioether (sulfide) groups is 1. The van der Waals surface area contributed by atoms with E-state index in [0.29, 0.717) is 12.1 Å². The van der Waals surface area contributed by atoms with E-state index < -0.39 is 5.51 Å². The Morgan fingerprint density at radius 3 is 2.52 bits per heavy atom. The van der Waals surface area contributed by atoms with E-state index in [1.54, 1.807) is 17.5 Å². The summed E-state index contributed by atoms with van der Waals surface area (Å²) in [4.78, 5) is 17.5. The van der Waals surface area contributed by atoms with Crippen LogP contribution in [0.1, 0.15) is 33.1 Å². The molecule has 124 valence electrons. The van der Waals surface area contributed by atoms with Crippen LogP contribution < -0.4 is 5.32 Å². The summed E-state index contributed by atoms with van der Waals surface area (Å²) < 4.78 is 36.8. The van der Waals surface area contributed by atoms with Crippen LogP contribution in [-0.4, -0.2) is 22.9 Å². The number of nitrogens with zero attached hydrogens (tertiary/aromatic N) is 1. The first-order chi connectivity index (χ1) is 10.7. The maximum Gasteiger partial charge on any atom is 0.446 e. The van der Waals surface area contributed by atoms with Crippen LogP contribution in [0.3, 0.4) is 0 Å². The van der Waals surface area contributed by atoms with Gasteiger partial charge in [0.1, 0.15) is 0 Å². The number of thiazole rings is 1. The fourth-order valence-corrected chi connectivity index (χ4v) is 3.21. The van der Waals surface area contributed by atoms with Gasteiger partial charge in [0.15, 0.2) is 0 Å². The molecule has 1 amide bonds. The highest BCUT2D eigenvalue weighted by Crippen LogP contribution is 2.36. The number of benzene rings is 1. The lowest BCUT2D eigenvalue weighted by atomic mass is 10.1. The summed E-state index contributed by atoms with van der Waals surface area (Å²) in [7, 11) is 0. The quantitative estimate of drug-likeness (QED) is 0.793. The summed E-state index contributed by atoms with van der Waals surface area (Å²) in [6.07, 6.45) is 1.79. The number of carbonyl (C=O) groups is 1. The molecule has 0 aliphatic rings. The predicted octanol–water partition coefficient (Wildman–Crippen LogP) is 4.60. The van der Waals surface area contributed by atoms with Crippen LogP contribution in [0.15, 0.2) is 35.4 Å². The standard InChI is InChI=1S/C15H15F3N2OS2/c1-9(14-20-8-10(2)22-14)7-19-13(21)11-3-5-12(6-4-11)23-15(16,17)18/h3-6,8-9H,7H2,1-2H3,(H,19,21)/t9-/m0/s1. The monoisotopic (exact) mass is 360 g/mol. The van der Waals surface area contributed by atoms with E-state index in [1.807, 2.05) is 13.8 Å². The van der Waals surface area contributed by atoms with Crippen molar-refractivity contribution < 1.29 is 18.0 Å². The number of hydrogen-bond donors (Lipinski definition) is 1. The zero-order chi connectivity index (χ0) is 17.0. The summed E-state index contributed by atoms with van der Waals surface area (Å²) in [6, 6.07) is 5.37. The van der Waals surface area contributed by atoms with E-state index in [9.17, 15) is 18.0 Å². The van der Waals surface area contributed by atoms with Gasteiger partial charge in [0.05, 0.1) is 5.01 Å². The average Bonchev–Trinajstić information content (AvgIpc) is 2.90. The molecule has 0 bridgehead atoms. The third-order valence-electron chi connectivity index (χ3n) is 2.98. The van der Waals surface area contributed by atoms with Crippen LogP contribution in [0.2, 0.25) is 0 Å². The number of amides is 1. The Bertz CT molecular complexity index is 668. The highest BCUT2D eigenvalue weighted by molar-refractivity contribution is 8.00. The van der Waals surface area contributed by atoms with Gasteiger partial charge < -0.3 is 5.32 Å². The van der Waals surface area contributed by atoms with Gasteiger partial charge in [0.2, 0.25) is 0 Å². The van der Waals surface area contributed by atoms with Crippen molar-refractivity contribution in [2.45, 2.75) is 30.2 Å². The molecule has 0 unspecified atom stereocenters. The lowest BCUT2D eigenvalue weighted by molar-refractivity contribution is -0.0328. The Morgan fingerprint density at radius 2 is 2.00 bits per heavy atom. The molecule has 0 fully saturated rings. The van der Waals surface area contributed by atoms with Gasteiger partial charge in [-0.3, -0.25) is 4.79 Å². The molecule has 0 radical (unpaired) electrons. The van der Waals surface area contributed by atoms with E-state index in [2.05, 4.69) is 10.3 Å². The topological polar surface area (TPSA) is 42.0 Å². The van der Waals surface area contributed by atoms with Gasteiger partial charge in [0.25, 0.3) is 5.91 Å². The van der Waals surface area contributed by atoms with Gasteiger partial charge in [0, 0.05) is 34.0 Å². The van der Waals surface area contributed by atoms with Crippen molar-refractivity contribution in [1.82, 2.24) is 10.3 Å². The first-order valence-corrected chi connectivity index (χ1v) is 8.44. The van der Waals surface area contributed by atoms with Crippen LogP contribution >= 0.6 is 23.1 Å². The van der Waals surface area contributed by atoms with E-state index in [1.165, 1.54) is 24.3 Å². The largest absolute Gasteiger partial charge is 0.446 e. The van der Waals surface area contributed by atoms with Crippen molar-refractivity contribution in [2.75, 3.05) is 6.54 Å². The summed E-state index contributed by atoms with van der Waals surface area (Å²) >= 11 is 1.38. The molecule has 1 aromatic carbocycles. The van der Waals surface area contributed by atoms with E-state index in [0.717, 1.165) is 9.88 Å². The number of nitrogens with one attached hydrogen (secondary N) is 1. The van der Waals surface area contributed by atoms with E-state index in [-0.39, 0.29) is 28.5 Å². The maximum absolute atomic E-state index is 12.3. The molecule has 1 heterocycles. The normalized spacial score (nSPS) is 12.9. The van der Waals surface area contributed by atoms with E-state index in [4.69, 9.17) is 0 Å². The minimum Gasteiger partial charge on any atom is -0.351 e. The molecule has 1 aromatic heterocycles. The fraction of sp³-hybridized carbons (Fsp3) is 0.333. The third-order valence-corrected chi connectivity index (χ3v) is 4.86. The van der Waals surface area contributed by atoms with Crippen molar-refractivity contribution >= 4 is 29.0 Å². The molecule has 3 nitrogen and oxygen atoms in total. The van der Waals surface area contributed by atoms with Crippen molar-refractivity contribution in [3.05, 3.63) is 45.9 Å². The average molecular weight is 360 g/mol. The number of alkyl halides is 3. The van der Waals surface area contributed by atoms with Crippen molar-refractivity contribution in [2.24, 2.45) is 0 Å². The van der Waals surface area contributed by atoms with Crippen molar-refractivity contribution in [3.63, 3.8) is 0 Å². The van der Waals surface area contributed by atoms with Crippen LogP contribution in [-0.2, 0) is 0 Å². The minimum atomic E-state index is -4.33. The Kier molecular flexibility index (Phi) is 5.69. The lowest BCUT2D eigenvalue weighted by Gasteiger charge is -2.11. The lowest BCUT2D eigenvalue weighted by Crippen LogP contribution is -2.27. The summed E-state index contributed by atoms with van der Waals surface area (Å²) in [6.45, 7) is 4.35. The van der Waals surface area contributed by atoms with Crippen LogP contribution in [0.25, 0.3) is 0 Å². The highest BCUT2D eigenvalue weighted by Gasteiger charge is 2.29. The summed E-state index contributed by atoms with van der Waals surface area (Å²) in [5, 5.41) is 3.72. The van der Waals surface area contributed by atoms with Gasteiger partial charge in [-0.2, -0.15) is 13.2 Å². The number of aryl methyl sites for hydroxylation is 1. The number of halogens is 3. The van der Waals surface area contributed by atoms with Crippen molar-refractivity contribution in [3.8, 4) is 0 Å². The van der Waals surface area contributed by atoms with Crippen LogP contribution in [0.5, 0.6) is 0 Å². The minimum absolute atomic E-state index is 0.0562. The molecule has 2 rings (SSSR count). The number of hydrogen-bond acceptors (Lipinski definition) is 4. The second-order valence-corrected chi connectivity index (χ2v) is 7.40. The summed E-state index contributed by atoms with van der Waals surface area (Å²) in [5.74, 6) is -0.230. The summed E-state index contributed by atoms with van der Waals surface area (Å²) in [5.41, 5.74) is -4.00. The number of rotatable bonds is 5. The Hall–Kier alpha value is -1.54.